The molecule has 10 nitrogen and oxygen atoms in total. The fourth-order valence-electron chi connectivity index (χ4n) is 3.48. The van der Waals surface area contributed by atoms with Gasteiger partial charge in [0.25, 0.3) is 5.69 Å². The van der Waals surface area contributed by atoms with Crippen molar-refractivity contribution in [1.82, 2.24) is 10.2 Å². The lowest BCUT2D eigenvalue weighted by Gasteiger charge is -2.32. The Morgan fingerprint density at radius 2 is 1.73 bits per heavy atom. The van der Waals surface area contributed by atoms with Gasteiger partial charge in [0.15, 0.2) is 0 Å². The van der Waals surface area contributed by atoms with Crippen LogP contribution in [0.1, 0.15) is 38.3 Å². The minimum atomic E-state index is -4.06. The van der Waals surface area contributed by atoms with Crippen LogP contribution < -0.4 is 9.62 Å². The second-order valence-corrected chi connectivity index (χ2v) is 11.4. The molecule has 0 heterocycles. The lowest BCUT2D eigenvalue weighted by molar-refractivity contribution is -0.384. The summed E-state index contributed by atoms with van der Waals surface area (Å²) in [4.78, 5) is 38.5. The maximum atomic E-state index is 13.7. The zero-order valence-electron chi connectivity index (χ0n) is 21.2. The van der Waals surface area contributed by atoms with Crippen LogP contribution in [0.2, 0.25) is 10.0 Å². The van der Waals surface area contributed by atoms with Gasteiger partial charge in [0, 0.05) is 40.3 Å². The first-order valence-corrected chi connectivity index (χ1v) is 14.0. The van der Waals surface area contributed by atoms with Gasteiger partial charge in [0.2, 0.25) is 21.8 Å². The maximum absolute atomic E-state index is 13.7. The molecule has 2 amide bonds. The van der Waals surface area contributed by atoms with E-state index in [0.717, 1.165) is 16.6 Å². The Hall–Kier alpha value is -2.89. The first kappa shape index (κ1) is 30.3. The highest BCUT2D eigenvalue weighted by atomic mass is 35.5. The molecule has 0 fully saturated rings. The van der Waals surface area contributed by atoms with Crippen molar-refractivity contribution < 1.29 is 22.9 Å². The van der Waals surface area contributed by atoms with Crippen LogP contribution in [-0.4, -0.2) is 54.9 Å². The van der Waals surface area contributed by atoms with Crippen LogP contribution in [0.3, 0.4) is 0 Å². The molecule has 2 aromatic carbocycles. The lowest BCUT2D eigenvalue weighted by atomic mass is 10.1. The van der Waals surface area contributed by atoms with E-state index >= 15 is 0 Å². The van der Waals surface area contributed by atoms with Crippen molar-refractivity contribution in [2.24, 2.45) is 0 Å². The molecule has 2 aromatic rings. The molecule has 37 heavy (non-hydrogen) atoms. The third kappa shape index (κ3) is 7.80. The van der Waals surface area contributed by atoms with Gasteiger partial charge < -0.3 is 10.2 Å². The van der Waals surface area contributed by atoms with Crippen LogP contribution in [-0.2, 0) is 26.2 Å². The van der Waals surface area contributed by atoms with Crippen LogP contribution in [0.4, 0.5) is 11.4 Å². The highest BCUT2D eigenvalue weighted by Crippen LogP contribution is 2.29. The van der Waals surface area contributed by atoms with Gasteiger partial charge in [-0.2, -0.15) is 0 Å². The molecule has 13 heteroatoms. The number of benzene rings is 2. The summed E-state index contributed by atoms with van der Waals surface area (Å²) in [6.07, 6.45) is 1.56. The van der Waals surface area contributed by atoms with Gasteiger partial charge in [-0.25, -0.2) is 8.42 Å². The molecule has 0 aliphatic heterocycles. The SMILES string of the molecule is CC[C@H](C)NC(=O)[C@H](C)N(Cc1c(Cl)cccc1Cl)C(=O)CN(c1cc([N+](=O)[O-])ccc1C)S(C)(=O)=O. The van der Waals surface area contributed by atoms with Gasteiger partial charge in [-0.3, -0.25) is 24.0 Å². The molecule has 0 spiro atoms. The number of nitro benzene ring substituents is 1. The van der Waals surface area contributed by atoms with Crippen LogP contribution in [0, 0.1) is 17.0 Å². The standard InChI is InChI=1S/C24H30Cl2N4O6S/c1-6-16(3)27-24(32)17(4)28(13-19-20(25)8-7-9-21(19)26)23(31)14-29(37(5,35)36)22-12-18(30(33)34)11-10-15(22)2/h7-12,16-17H,6,13-14H2,1-5H3,(H,27,32)/t16-,17-/m0/s1. The Kier molecular flexibility index (Phi) is 10.3. The predicted octanol–water partition coefficient (Wildman–Crippen LogP) is 4.31. The number of aryl methyl sites for hydroxylation is 1. The number of nitrogens with one attached hydrogen (secondary N) is 1. The number of nitrogens with zero attached hydrogens (tertiary/aromatic N) is 3. The summed E-state index contributed by atoms with van der Waals surface area (Å²) in [7, 11) is -4.06. The number of hydrogen-bond donors (Lipinski definition) is 1. The molecular weight excluding hydrogens is 543 g/mol. The second kappa shape index (κ2) is 12.6. The molecule has 0 radical (unpaired) electrons. The molecular formula is C24H30Cl2N4O6S. The fourth-order valence-corrected chi connectivity index (χ4v) is 4.89. The van der Waals surface area contributed by atoms with Crippen molar-refractivity contribution in [2.45, 2.75) is 52.7 Å². The third-order valence-corrected chi connectivity index (χ3v) is 7.74. The average molecular weight is 573 g/mol. The van der Waals surface area contributed by atoms with Crippen molar-refractivity contribution in [3.05, 3.63) is 67.7 Å². The Bertz CT molecular complexity index is 1270. The second-order valence-electron chi connectivity index (χ2n) is 8.71. The number of amides is 2. The number of non-ortho nitro benzene ring substituents is 1. The number of carbonyl (C=O) groups excluding carboxylic acids is 2. The number of anilines is 1. The van der Waals surface area contributed by atoms with E-state index in [1.165, 1.54) is 24.0 Å². The Morgan fingerprint density at radius 3 is 2.24 bits per heavy atom. The lowest BCUT2D eigenvalue weighted by Crippen LogP contribution is -2.52. The average Bonchev–Trinajstić information content (AvgIpc) is 2.81. The molecule has 0 aliphatic rings. The molecule has 0 saturated carbocycles. The third-order valence-electron chi connectivity index (χ3n) is 5.91. The van der Waals surface area contributed by atoms with E-state index in [2.05, 4.69) is 5.32 Å². The topological polar surface area (TPSA) is 130 Å². The van der Waals surface area contributed by atoms with Gasteiger partial charge in [0.1, 0.15) is 12.6 Å². The molecule has 202 valence electrons. The van der Waals surface area contributed by atoms with E-state index in [-0.39, 0.29) is 34.0 Å². The molecule has 0 aromatic heterocycles. The minimum Gasteiger partial charge on any atom is -0.352 e. The number of carbonyl (C=O) groups is 2. The summed E-state index contributed by atoms with van der Waals surface area (Å²) in [6, 6.07) is 7.38. The molecule has 0 bridgehead atoms. The Balaban J connectivity index is 2.54. The normalized spacial score (nSPS) is 12.9. The molecule has 0 saturated heterocycles. The maximum Gasteiger partial charge on any atom is 0.271 e. The first-order chi connectivity index (χ1) is 17.2. The van der Waals surface area contributed by atoms with E-state index in [9.17, 15) is 28.1 Å². The zero-order valence-corrected chi connectivity index (χ0v) is 23.5. The van der Waals surface area contributed by atoms with E-state index in [1.54, 1.807) is 25.1 Å². The summed E-state index contributed by atoms with van der Waals surface area (Å²) in [6.45, 7) is 5.93. The highest BCUT2D eigenvalue weighted by Gasteiger charge is 2.32. The molecule has 0 aliphatic carbocycles. The summed E-state index contributed by atoms with van der Waals surface area (Å²) in [5.41, 5.74) is 0.451. The highest BCUT2D eigenvalue weighted by molar-refractivity contribution is 7.92. The number of sulfonamides is 1. The molecule has 2 rings (SSSR count). The van der Waals surface area contributed by atoms with Gasteiger partial charge in [-0.1, -0.05) is 42.3 Å². The van der Waals surface area contributed by atoms with E-state index < -0.39 is 39.3 Å². The van der Waals surface area contributed by atoms with Crippen molar-refractivity contribution in [3.8, 4) is 0 Å². The zero-order chi connectivity index (χ0) is 28.1. The van der Waals surface area contributed by atoms with Crippen LogP contribution in [0.15, 0.2) is 36.4 Å². The molecule has 1 N–H and O–H groups in total. The molecule has 0 unspecified atom stereocenters. The summed E-state index contributed by atoms with van der Waals surface area (Å²) in [5.74, 6) is -1.16. The van der Waals surface area contributed by atoms with Crippen molar-refractivity contribution in [1.29, 1.82) is 0 Å². The van der Waals surface area contributed by atoms with Gasteiger partial charge in [0.05, 0.1) is 16.9 Å². The number of rotatable bonds is 11. The van der Waals surface area contributed by atoms with E-state index in [1.807, 2.05) is 13.8 Å². The van der Waals surface area contributed by atoms with Gasteiger partial charge in [-0.15, -0.1) is 0 Å². The fraction of sp³-hybridized carbons (Fsp3) is 0.417. The Labute approximate surface area is 226 Å². The summed E-state index contributed by atoms with van der Waals surface area (Å²) in [5, 5.41) is 14.7. The number of nitro groups is 1. The van der Waals surface area contributed by atoms with Crippen molar-refractivity contribution in [3.63, 3.8) is 0 Å². The van der Waals surface area contributed by atoms with Crippen molar-refractivity contribution >= 4 is 56.4 Å². The minimum absolute atomic E-state index is 0.0162. The monoisotopic (exact) mass is 572 g/mol. The van der Waals surface area contributed by atoms with E-state index in [4.69, 9.17) is 23.2 Å². The first-order valence-electron chi connectivity index (χ1n) is 11.4. The largest absolute Gasteiger partial charge is 0.352 e. The van der Waals surface area contributed by atoms with Gasteiger partial charge >= 0.3 is 0 Å². The summed E-state index contributed by atoms with van der Waals surface area (Å²) >= 11 is 12.6. The van der Waals surface area contributed by atoms with Crippen molar-refractivity contribution in [2.75, 3.05) is 17.1 Å². The summed E-state index contributed by atoms with van der Waals surface area (Å²) < 4.78 is 26.3. The van der Waals surface area contributed by atoms with Crippen LogP contribution in [0.5, 0.6) is 0 Å². The van der Waals surface area contributed by atoms with Crippen LogP contribution >= 0.6 is 23.2 Å². The number of halogens is 2. The number of hydrogen-bond acceptors (Lipinski definition) is 6. The predicted molar refractivity (Wildman–Crippen MR) is 144 cm³/mol. The smallest absolute Gasteiger partial charge is 0.271 e. The molecule has 2 atom stereocenters. The van der Waals surface area contributed by atoms with Crippen LogP contribution in [0.25, 0.3) is 0 Å². The van der Waals surface area contributed by atoms with E-state index in [0.29, 0.717) is 17.5 Å². The Morgan fingerprint density at radius 1 is 1.14 bits per heavy atom. The van der Waals surface area contributed by atoms with Gasteiger partial charge in [-0.05, 0) is 44.9 Å². The quantitative estimate of drug-likeness (QED) is 0.315.